The van der Waals surface area contributed by atoms with Crippen LogP contribution in [0.4, 0.5) is 0 Å². The monoisotopic (exact) mass is 139 g/mol. The van der Waals surface area contributed by atoms with Gasteiger partial charge in [0, 0.05) is 0 Å². The van der Waals surface area contributed by atoms with Crippen molar-refractivity contribution >= 4 is 0 Å². The van der Waals surface area contributed by atoms with E-state index in [0.29, 0.717) is 5.76 Å². The number of ether oxygens (including phenoxy) is 1. The van der Waals surface area contributed by atoms with E-state index in [9.17, 15) is 0 Å². The van der Waals surface area contributed by atoms with E-state index in [1.807, 2.05) is 13.0 Å². The summed E-state index contributed by atoms with van der Waals surface area (Å²) in [6.45, 7) is 5.55. The largest absolute Gasteiger partial charge is 0.497 e. The van der Waals surface area contributed by atoms with E-state index in [4.69, 9.17) is 10.5 Å². The lowest BCUT2D eigenvalue weighted by molar-refractivity contribution is 0.308. The number of nitrogens with two attached hydrogens (primary N) is 1. The maximum atomic E-state index is 5.15. The van der Waals surface area contributed by atoms with Crippen molar-refractivity contribution in [1.29, 1.82) is 0 Å². The molecule has 0 aromatic heterocycles. The van der Waals surface area contributed by atoms with E-state index >= 15 is 0 Å². The number of allylic oxidation sites excluding steroid dienone is 3. The van der Waals surface area contributed by atoms with E-state index in [2.05, 4.69) is 6.58 Å². The highest BCUT2D eigenvalue weighted by atomic mass is 16.5. The Morgan fingerprint density at radius 1 is 1.60 bits per heavy atom. The minimum absolute atomic E-state index is 0.635. The van der Waals surface area contributed by atoms with Crippen LogP contribution >= 0.6 is 0 Å². The molecule has 0 rings (SSSR count). The predicted molar refractivity (Wildman–Crippen MR) is 43.2 cm³/mol. The van der Waals surface area contributed by atoms with Crippen molar-refractivity contribution in [2.45, 2.75) is 6.92 Å². The molecule has 0 saturated carbocycles. The molecule has 10 heavy (non-hydrogen) atoms. The zero-order valence-electron chi connectivity index (χ0n) is 6.42. The predicted octanol–water partition coefficient (Wildman–Crippen LogP) is 1.57. The van der Waals surface area contributed by atoms with Gasteiger partial charge in [-0.2, -0.15) is 0 Å². The maximum absolute atomic E-state index is 5.15. The van der Waals surface area contributed by atoms with Crippen molar-refractivity contribution in [2.24, 2.45) is 5.73 Å². The van der Waals surface area contributed by atoms with Crippen LogP contribution in [-0.4, -0.2) is 7.11 Å². The molecule has 0 spiro atoms. The second kappa shape index (κ2) is 4.68. The van der Waals surface area contributed by atoms with Gasteiger partial charge in [-0.25, -0.2) is 0 Å². The van der Waals surface area contributed by atoms with Crippen molar-refractivity contribution in [3.05, 3.63) is 36.3 Å². The zero-order chi connectivity index (χ0) is 7.98. The summed E-state index contributed by atoms with van der Waals surface area (Å²) in [6.07, 6.45) is 5.07. The van der Waals surface area contributed by atoms with Crippen LogP contribution in [0.2, 0.25) is 0 Å². The molecule has 0 unspecified atom stereocenters. The fourth-order valence-corrected chi connectivity index (χ4v) is 0.513. The Hall–Kier alpha value is -1.18. The number of methoxy groups -OCH3 is 1. The molecule has 0 aromatic rings. The van der Waals surface area contributed by atoms with E-state index in [1.165, 1.54) is 6.20 Å². The molecule has 2 N–H and O–H groups in total. The lowest BCUT2D eigenvalue weighted by atomic mass is 10.2. The molecule has 0 aliphatic heterocycles. The molecule has 0 saturated heterocycles. The van der Waals surface area contributed by atoms with Crippen LogP contribution in [0, 0.1) is 0 Å². The normalized spacial score (nSPS) is 12.0. The smallest absolute Gasteiger partial charge is 0.111 e. The molecule has 0 aliphatic carbocycles. The Balaban J connectivity index is 4.02. The Morgan fingerprint density at radius 3 is 2.60 bits per heavy atom. The van der Waals surface area contributed by atoms with E-state index < -0.39 is 0 Å². The van der Waals surface area contributed by atoms with Gasteiger partial charge in [-0.05, 0) is 30.8 Å². The molecule has 0 amide bonds. The van der Waals surface area contributed by atoms with Gasteiger partial charge < -0.3 is 10.5 Å². The van der Waals surface area contributed by atoms with Crippen molar-refractivity contribution < 1.29 is 4.74 Å². The number of hydrogen-bond donors (Lipinski definition) is 1. The van der Waals surface area contributed by atoms with E-state index in [1.54, 1.807) is 13.2 Å². The SMILES string of the molecule is C=C(/C=C(C)\C=C/N)OC. The molecule has 56 valence electrons. The average molecular weight is 139 g/mol. The lowest BCUT2D eigenvalue weighted by Gasteiger charge is -1.96. The summed E-state index contributed by atoms with van der Waals surface area (Å²) < 4.78 is 4.82. The Morgan fingerprint density at radius 2 is 2.20 bits per heavy atom. The lowest BCUT2D eigenvalue weighted by Crippen LogP contribution is -1.81. The van der Waals surface area contributed by atoms with Crippen LogP contribution in [0.1, 0.15) is 6.92 Å². The average Bonchev–Trinajstić information content (AvgIpc) is 1.88. The first-order valence-corrected chi connectivity index (χ1v) is 3.00. The second-order valence-corrected chi connectivity index (χ2v) is 1.92. The third-order valence-corrected chi connectivity index (χ3v) is 1.01. The topological polar surface area (TPSA) is 35.2 Å². The van der Waals surface area contributed by atoms with Gasteiger partial charge >= 0.3 is 0 Å². The molecule has 0 fully saturated rings. The third kappa shape index (κ3) is 3.78. The summed E-state index contributed by atoms with van der Waals surface area (Å²) in [5.41, 5.74) is 6.18. The fraction of sp³-hybridized carbons (Fsp3) is 0.250. The third-order valence-electron chi connectivity index (χ3n) is 1.01. The first kappa shape index (κ1) is 8.82. The van der Waals surface area contributed by atoms with Gasteiger partial charge in [0.15, 0.2) is 0 Å². The van der Waals surface area contributed by atoms with Gasteiger partial charge in [0.05, 0.1) is 7.11 Å². The van der Waals surface area contributed by atoms with Gasteiger partial charge in [0.1, 0.15) is 5.76 Å². The van der Waals surface area contributed by atoms with Crippen LogP contribution in [0.15, 0.2) is 36.3 Å². The summed E-state index contributed by atoms with van der Waals surface area (Å²) >= 11 is 0. The summed E-state index contributed by atoms with van der Waals surface area (Å²) in [4.78, 5) is 0. The highest BCUT2D eigenvalue weighted by Crippen LogP contribution is 2.00. The quantitative estimate of drug-likeness (QED) is 0.475. The maximum Gasteiger partial charge on any atom is 0.111 e. The first-order valence-electron chi connectivity index (χ1n) is 3.00. The summed E-state index contributed by atoms with van der Waals surface area (Å²) in [5.74, 6) is 0.635. The van der Waals surface area contributed by atoms with Gasteiger partial charge in [-0.3, -0.25) is 0 Å². The van der Waals surface area contributed by atoms with Crippen LogP contribution < -0.4 is 5.73 Å². The molecular formula is C8H13NO. The molecule has 0 bridgehead atoms. The van der Waals surface area contributed by atoms with Gasteiger partial charge in [-0.1, -0.05) is 6.58 Å². The molecule has 0 aromatic carbocycles. The first-order chi connectivity index (χ1) is 4.70. The molecular weight excluding hydrogens is 126 g/mol. The van der Waals surface area contributed by atoms with E-state index in [0.717, 1.165) is 5.57 Å². The van der Waals surface area contributed by atoms with Crippen LogP contribution in [0.25, 0.3) is 0 Å². The van der Waals surface area contributed by atoms with Crippen molar-refractivity contribution in [3.63, 3.8) is 0 Å². The zero-order valence-corrected chi connectivity index (χ0v) is 6.42. The van der Waals surface area contributed by atoms with Gasteiger partial charge in [0.2, 0.25) is 0 Å². The Bertz CT molecular complexity index is 168. The molecule has 0 atom stereocenters. The van der Waals surface area contributed by atoms with Crippen molar-refractivity contribution in [2.75, 3.05) is 7.11 Å². The van der Waals surface area contributed by atoms with E-state index in [-0.39, 0.29) is 0 Å². The minimum atomic E-state index is 0.635. The summed E-state index contributed by atoms with van der Waals surface area (Å²) in [7, 11) is 1.58. The standard InChI is InChI=1S/C8H13NO/c1-7(4-5-9)6-8(2)10-3/h4-6H,2,9H2,1,3H3/b5-4-,7-6-. The molecule has 0 aliphatic rings. The second-order valence-electron chi connectivity index (χ2n) is 1.92. The molecule has 2 heteroatoms. The Labute approximate surface area is 61.7 Å². The van der Waals surface area contributed by atoms with Crippen molar-refractivity contribution in [3.8, 4) is 0 Å². The highest BCUT2D eigenvalue weighted by Gasteiger charge is 1.84. The van der Waals surface area contributed by atoms with Gasteiger partial charge in [0.25, 0.3) is 0 Å². The Kier molecular flexibility index (Phi) is 4.12. The minimum Gasteiger partial charge on any atom is -0.497 e. The fourth-order valence-electron chi connectivity index (χ4n) is 0.513. The molecule has 0 heterocycles. The summed E-state index contributed by atoms with van der Waals surface area (Å²) in [6, 6.07) is 0. The van der Waals surface area contributed by atoms with Crippen LogP contribution in [0.3, 0.4) is 0 Å². The highest BCUT2D eigenvalue weighted by molar-refractivity contribution is 5.23. The van der Waals surface area contributed by atoms with Crippen LogP contribution in [0.5, 0.6) is 0 Å². The van der Waals surface area contributed by atoms with Crippen LogP contribution in [-0.2, 0) is 4.74 Å². The molecule has 2 nitrogen and oxygen atoms in total. The van der Waals surface area contributed by atoms with Crippen molar-refractivity contribution in [1.82, 2.24) is 0 Å². The number of hydrogen-bond acceptors (Lipinski definition) is 2. The summed E-state index contributed by atoms with van der Waals surface area (Å²) in [5, 5.41) is 0. The molecule has 0 radical (unpaired) electrons. The van der Waals surface area contributed by atoms with Gasteiger partial charge in [-0.15, -0.1) is 0 Å². The number of rotatable bonds is 3.